The van der Waals surface area contributed by atoms with Crippen molar-refractivity contribution in [2.75, 3.05) is 0 Å². The maximum Gasteiger partial charge on any atom is 0.152 e. The molecule has 0 aliphatic rings. The van der Waals surface area contributed by atoms with Gasteiger partial charge < -0.3 is 0 Å². The van der Waals surface area contributed by atoms with Gasteiger partial charge in [-0.25, -0.2) is 0 Å². The molecule has 2 rings (SSSR count). The van der Waals surface area contributed by atoms with E-state index in [1.165, 1.54) is 0 Å². The van der Waals surface area contributed by atoms with Gasteiger partial charge >= 0.3 is 0 Å². The summed E-state index contributed by atoms with van der Waals surface area (Å²) in [7, 11) is 0. The topological polar surface area (TPSA) is 17.1 Å². The van der Waals surface area contributed by atoms with Gasteiger partial charge in [0, 0.05) is 0 Å². The van der Waals surface area contributed by atoms with Crippen molar-refractivity contribution >= 4 is 17.4 Å². The molecule has 0 N–H and O–H groups in total. The van der Waals surface area contributed by atoms with Crippen molar-refractivity contribution in [3.8, 4) is 0 Å². The fourth-order valence-corrected chi connectivity index (χ4v) is 1.79. The maximum absolute atomic E-state index is 11.1. The molecule has 94 valence electrons. The Morgan fingerprint density at radius 2 is 1.42 bits per heavy atom. The van der Waals surface area contributed by atoms with E-state index in [9.17, 15) is 4.79 Å². The molecule has 0 fully saturated rings. The smallest absolute Gasteiger partial charge is 0.152 e. The molecule has 0 heterocycles. The predicted octanol–water partition coefficient (Wildman–Crippen LogP) is 4.37. The third kappa shape index (κ3) is 4.07. The minimum absolute atomic E-state index is 0.0508. The summed E-state index contributed by atoms with van der Waals surface area (Å²) in [6, 6.07) is 20.1. The summed E-state index contributed by atoms with van der Waals surface area (Å²) >= 11 is 0. The van der Waals surface area contributed by atoms with Crippen LogP contribution in [0.5, 0.6) is 0 Å². The van der Waals surface area contributed by atoms with E-state index in [0.717, 1.165) is 16.7 Å². The normalized spacial score (nSPS) is 11.7. The van der Waals surface area contributed by atoms with Gasteiger partial charge in [-0.3, -0.25) is 4.79 Å². The first kappa shape index (κ1) is 13.0. The highest BCUT2D eigenvalue weighted by Gasteiger charge is 1.98. The number of ketones is 1. The Bertz CT molecular complexity index is 592. The lowest BCUT2D eigenvalue weighted by Crippen LogP contribution is -1.84. The van der Waals surface area contributed by atoms with E-state index in [4.69, 9.17) is 0 Å². The van der Waals surface area contributed by atoms with Gasteiger partial charge in [-0.1, -0.05) is 66.7 Å². The minimum Gasteiger partial charge on any atom is -0.295 e. The monoisotopic (exact) mass is 248 g/mol. The molecule has 0 spiro atoms. The van der Waals surface area contributed by atoms with Crippen LogP contribution >= 0.6 is 0 Å². The zero-order chi connectivity index (χ0) is 13.5. The molecule has 0 atom stereocenters. The molecule has 0 bridgehead atoms. The molecule has 0 saturated heterocycles. The molecule has 19 heavy (non-hydrogen) atoms. The van der Waals surface area contributed by atoms with Gasteiger partial charge in [0.05, 0.1) is 0 Å². The van der Waals surface area contributed by atoms with E-state index in [1.807, 2.05) is 66.7 Å². The van der Waals surface area contributed by atoms with Crippen LogP contribution in [0.25, 0.3) is 11.6 Å². The van der Waals surface area contributed by atoms with Crippen molar-refractivity contribution in [1.82, 2.24) is 0 Å². The van der Waals surface area contributed by atoms with Crippen LogP contribution in [0.15, 0.2) is 72.8 Å². The fraction of sp³-hybridized carbons (Fsp3) is 0.0556. The summed E-state index contributed by atoms with van der Waals surface area (Å²) in [6.45, 7) is 1.56. The molecule has 0 aromatic heterocycles. The van der Waals surface area contributed by atoms with Crippen LogP contribution in [-0.2, 0) is 4.79 Å². The number of carbonyl (C=O) groups is 1. The molecule has 2 aromatic carbocycles. The van der Waals surface area contributed by atoms with E-state index >= 15 is 0 Å². The van der Waals surface area contributed by atoms with Gasteiger partial charge in [0.1, 0.15) is 0 Å². The summed E-state index contributed by atoms with van der Waals surface area (Å²) < 4.78 is 0. The number of allylic oxidation sites excluding steroid dienone is 3. The molecule has 0 amide bonds. The van der Waals surface area contributed by atoms with Crippen LogP contribution in [0.3, 0.4) is 0 Å². The molecule has 0 aliphatic carbocycles. The first-order chi connectivity index (χ1) is 9.25. The highest BCUT2D eigenvalue weighted by atomic mass is 16.1. The van der Waals surface area contributed by atoms with Crippen molar-refractivity contribution in [1.29, 1.82) is 0 Å². The molecule has 0 unspecified atom stereocenters. The van der Waals surface area contributed by atoms with Crippen molar-refractivity contribution in [2.24, 2.45) is 0 Å². The van der Waals surface area contributed by atoms with Crippen LogP contribution in [0.1, 0.15) is 18.1 Å². The number of hydrogen-bond donors (Lipinski definition) is 0. The second-order valence-corrected chi connectivity index (χ2v) is 4.32. The van der Waals surface area contributed by atoms with Crippen LogP contribution in [0.4, 0.5) is 0 Å². The third-order valence-electron chi connectivity index (χ3n) is 2.73. The van der Waals surface area contributed by atoms with Gasteiger partial charge in [-0.05, 0) is 35.8 Å². The predicted molar refractivity (Wildman–Crippen MR) is 80.6 cm³/mol. The van der Waals surface area contributed by atoms with Crippen LogP contribution in [0, 0.1) is 0 Å². The molecule has 0 radical (unpaired) electrons. The quantitative estimate of drug-likeness (QED) is 0.446. The fourth-order valence-electron chi connectivity index (χ4n) is 1.79. The Morgan fingerprint density at radius 3 is 2.00 bits per heavy atom. The Balaban J connectivity index is 2.40. The Kier molecular flexibility index (Phi) is 4.46. The Labute approximate surface area is 113 Å². The first-order valence-electron chi connectivity index (χ1n) is 6.26. The highest BCUT2D eigenvalue weighted by Crippen LogP contribution is 2.19. The minimum atomic E-state index is 0.0508. The van der Waals surface area contributed by atoms with Crippen LogP contribution < -0.4 is 0 Å². The Hall–Kier alpha value is -2.41. The third-order valence-corrected chi connectivity index (χ3v) is 2.73. The number of hydrogen-bond acceptors (Lipinski definition) is 1. The van der Waals surface area contributed by atoms with E-state index in [-0.39, 0.29) is 5.78 Å². The van der Waals surface area contributed by atoms with Crippen molar-refractivity contribution < 1.29 is 4.79 Å². The lowest BCUT2D eigenvalue weighted by Gasteiger charge is -2.03. The van der Waals surface area contributed by atoms with Crippen molar-refractivity contribution in [3.05, 3.63) is 83.9 Å². The second kappa shape index (κ2) is 6.50. The average Bonchev–Trinajstić information content (AvgIpc) is 2.45. The molecule has 2 aromatic rings. The highest BCUT2D eigenvalue weighted by molar-refractivity contribution is 5.94. The van der Waals surface area contributed by atoms with E-state index < -0.39 is 0 Å². The molecule has 0 saturated carbocycles. The molecule has 1 heteroatoms. The summed E-state index contributed by atoms with van der Waals surface area (Å²) in [6.07, 6.45) is 5.54. The maximum atomic E-state index is 11.1. The second-order valence-electron chi connectivity index (χ2n) is 4.32. The van der Waals surface area contributed by atoms with Gasteiger partial charge in [-0.15, -0.1) is 0 Å². The summed E-state index contributed by atoms with van der Waals surface area (Å²) in [5.74, 6) is 0.0508. The van der Waals surface area contributed by atoms with Crippen LogP contribution in [-0.4, -0.2) is 5.78 Å². The first-order valence-corrected chi connectivity index (χ1v) is 6.26. The molecule has 0 aliphatic heterocycles. The molecular formula is C18H16O. The van der Waals surface area contributed by atoms with Crippen molar-refractivity contribution in [2.45, 2.75) is 6.92 Å². The summed E-state index contributed by atoms with van der Waals surface area (Å²) in [4.78, 5) is 11.1. The lowest BCUT2D eigenvalue weighted by molar-refractivity contribution is -0.112. The number of benzene rings is 2. The molecular weight excluding hydrogens is 232 g/mol. The van der Waals surface area contributed by atoms with Crippen LogP contribution in [0.2, 0.25) is 0 Å². The zero-order valence-electron chi connectivity index (χ0n) is 10.9. The van der Waals surface area contributed by atoms with Gasteiger partial charge in [-0.2, -0.15) is 0 Å². The lowest BCUT2D eigenvalue weighted by atomic mass is 10.0. The molecule has 1 nitrogen and oxygen atoms in total. The van der Waals surface area contributed by atoms with Gasteiger partial charge in [0.15, 0.2) is 5.78 Å². The van der Waals surface area contributed by atoms with Crippen molar-refractivity contribution in [3.63, 3.8) is 0 Å². The SMILES string of the molecule is CC(=O)/C=C/C(=C\c1ccccc1)c1ccccc1. The van der Waals surface area contributed by atoms with Gasteiger partial charge in [0.2, 0.25) is 0 Å². The van der Waals surface area contributed by atoms with Gasteiger partial charge in [0.25, 0.3) is 0 Å². The van der Waals surface area contributed by atoms with E-state index in [1.54, 1.807) is 13.0 Å². The van der Waals surface area contributed by atoms with E-state index in [2.05, 4.69) is 6.08 Å². The Morgan fingerprint density at radius 1 is 0.842 bits per heavy atom. The number of carbonyl (C=O) groups excluding carboxylic acids is 1. The number of rotatable bonds is 4. The summed E-state index contributed by atoms with van der Waals surface area (Å²) in [5.41, 5.74) is 3.25. The largest absolute Gasteiger partial charge is 0.295 e. The summed E-state index contributed by atoms with van der Waals surface area (Å²) in [5, 5.41) is 0. The zero-order valence-corrected chi connectivity index (χ0v) is 10.9. The van der Waals surface area contributed by atoms with E-state index in [0.29, 0.717) is 0 Å². The standard InChI is InChI=1S/C18H16O/c1-15(19)12-13-18(17-10-6-3-7-11-17)14-16-8-4-2-5-9-16/h2-14H,1H3/b13-12+,18-14+. The average molecular weight is 248 g/mol.